The molecule has 6 N–H and O–H groups in total. The molecule has 0 bridgehead atoms. The van der Waals surface area contributed by atoms with Crippen molar-refractivity contribution >= 4 is 11.8 Å². The Morgan fingerprint density at radius 3 is 2.83 bits per heavy atom. The van der Waals surface area contributed by atoms with Gasteiger partial charge in [0.15, 0.2) is 12.0 Å². The first-order valence-electron chi connectivity index (χ1n) is 6.78. The fourth-order valence-corrected chi connectivity index (χ4v) is 2.06. The van der Waals surface area contributed by atoms with E-state index in [0.29, 0.717) is 0 Å². The Morgan fingerprint density at radius 2 is 2.26 bits per heavy atom. The first kappa shape index (κ1) is 17.3. The summed E-state index contributed by atoms with van der Waals surface area (Å²) in [7, 11) is 0. The van der Waals surface area contributed by atoms with Gasteiger partial charge < -0.3 is 25.4 Å². The van der Waals surface area contributed by atoms with E-state index in [9.17, 15) is 19.8 Å². The zero-order chi connectivity index (χ0) is 17.1. The largest absolute Gasteiger partial charge is 0.462 e. The average Bonchev–Trinajstić information content (AvgIpc) is 2.80. The summed E-state index contributed by atoms with van der Waals surface area (Å²) < 4.78 is 11.2. The van der Waals surface area contributed by atoms with Crippen LogP contribution in [0.25, 0.3) is 0 Å². The quantitative estimate of drug-likeness (QED) is 0.288. The Morgan fingerprint density at radius 1 is 1.57 bits per heavy atom. The van der Waals surface area contributed by atoms with E-state index in [1.54, 1.807) is 5.48 Å². The van der Waals surface area contributed by atoms with Crippen LogP contribution < -0.4 is 16.9 Å². The average molecular weight is 330 g/mol. The summed E-state index contributed by atoms with van der Waals surface area (Å²) in [5.74, 6) is -0.766. The third kappa shape index (κ3) is 3.65. The minimum Gasteiger partial charge on any atom is -0.462 e. The molecule has 1 aliphatic heterocycles. The summed E-state index contributed by atoms with van der Waals surface area (Å²) in [5, 5.41) is 28.6. The van der Waals surface area contributed by atoms with Gasteiger partial charge in [-0.3, -0.25) is 20.0 Å². The van der Waals surface area contributed by atoms with E-state index in [1.165, 1.54) is 19.2 Å². The maximum atomic E-state index is 11.8. The molecule has 2 heterocycles. The lowest BCUT2D eigenvalue weighted by Gasteiger charge is -2.17. The molecule has 23 heavy (non-hydrogen) atoms. The van der Waals surface area contributed by atoms with Crippen molar-refractivity contribution in [2.24, 2.45) is 5.73 Å². The van der Waals surface area contributed by atoms with E-state index in [2.05, 4.69) is 4.98 Å². The van der Waals surface area contributed by atoms with Crippen LogP contribution in [-0.2, 0) is 14.3 Å². The zero-order valence-electron chi connectivity index (χ0n) is 12.2. The Bertz CT molecular complexity index is 620. The van der Waals surface area contributed by atoms with Crippen LogP contribution in [0.5, 0.6) is 0 Å². The van der Waals surface area contributed by atoms with Gasteiger partial charge in [0.05, 0.1) is 0 Å². The van der Waals surface area contributed by atoms with Crippen molar-refractivity contribution in [1.82, 2.24) is 9.55 Å². The molecule has 0 aromatic carbocycles. The number of aliphatic hydroxyl groups excluding tert-OH is 2. The maximum absolute atomic E-state index is 11.8. The second-order valence-corrected chi connectivity index (χ2v) is 5.08. The Labute approximate surface area is 130 Å². The number of carbonyl (C=O) groups is 1. The third-order valence-electron chi connectivity index (χ3n) is 3.32. The van der Waals surface area contributed by atoms with Crippen LogP contribution in [-0.4, -0.2) is 61.9 Å². The summed E-state index contributed by atoms with van der Waals surface area (Å²) in [6, 6.07) is 0.437. The number of hydrogen-bond acceptors (Lipinski definition) is 10. The molecule has 1 aliphatic rings. The molecule has 1 aromatic rings. The van der Waals surface area contributed by atoms with Crippen molar-refractivity contribution in [3.8, 4) is 0 Å². The number of aromatic nitrogens is 2. The molecule has 2 rings (SSSR count). The lowest BCUT2D eigenvalue weighted by Crippen LogP contribution is -2.37. The van der Waals surface area contributed by atoms with Gasteiger partial charge in [-0.05, 0) is 13.0 Å². The van der Waals surface area contributed by atoms with Crippen LogP contribution in [0.1, 0.15) is 13.2 Å². The van der Waals surface area contributed by atoms with Crippen molar-refractivity contribution in [1.29, 1.82) is 0 Å². The molecular weight excluding hydrogens is 312 g/mol. The van der Waals surface area contributed by atoms with Crippen LogP contribution in [0.15, 0.2) is 17.1 Å². The number of ether oxygens (including phenoxy) is 2. The van der Waals surface area contributed by atoms with Crippen molar-refractivity contribution in [3.63, 3.8) is 0 Å². The van der Waals surface area contributed by atoms with Gasteiger partial charge in [0, 0.05) is 6.20 Å². The number of carbonyl (C=O) groups excluding carboxylic acids is 1. The van der Waals surface area contributed by atoms with Crippen molar-refractivity contribution in [2.45, 2.75) is 37.5 Å². The first-order valence-corrected chi connectivity index (χ1v) is 6.78. The fourth-order valence-electron chi connectivity index (χ4n) is 2.06. The summed E-state index contributed by atoms with van der Waals surface area (Å²) in [4.78, 5) is 26.6. The van der Waals surface area contributed by atoms with Gasteiger partial charge in [-0.25, -0.2) is 4.79 Å². The number of anilines is 1. The van der Waals surface area contributed by atoms with E-state index < -0.39 is 42.2 Å². The van der Waals surface area contributed by atoms with E-state index in [4.69, 9.17) is 20.4 Å². The van der Waals surface area contributed by atoms with Gasteiger partial charge in [0.25, 0.3) is 0 Å². The van der Waals surface area contributed by atoms with Crippen LogP contribution in [0, 0.1) is 0 Å². The fraction of sp³-hybridized carbons (Fsp3) is 0.583. The maximum Gasteiger partial charge on any atom is 0.351 e. The summed E-state index contributed by atoms with van der Waals surface area (Å²) >= 11 is 0. The molecule has 0 radical (unpaired) electrons. The Kier molecular flexibility index (Phi) is 5.28. The minimum absolute atomic E-state index is 0.0818. The van der Waals surface area contributed by atoms with Crippen LogP contribution in [0.4, 0.5) is 5.82 Å². The highest BCUT2D eigenvalue weighted by atomic mass is 16.6. The molecule has 1 fully saturated rings. The number of nitrogens with zero attached hydrogens (tertiary/aromatic N) is 2. The van der Waals surface area contributed by atoms with Gasteiger partial charge in [-0.2, -0.15) is 4.98 Å². The SMILES string of the molecule is C[C@H](N)C(=O)OC[C@H]1O[C@@H](n2ccc(NO)nc2=O)[C@H](O)[C@@H]1O. The molecule has 1 aromatic heterocycles. The van der Waals surface area contributed by atoms with E-state index in [1.807, 2.05) is 0 Å². The van der Waals surface area contributed by atoms with Crippen LogP contribution in [0.3, 0.4) is 0 Å². The van der Waals surface area contributed by atoms with Crippen LogP contribution in [0.2, 0.25) is 0 Å². The number of rotatable bonds is 5. The monoisotopic (exact) mass is 330 g/mol. The normalized spacial score (nSPS) is 28.4. The molecule has 128 valence electrons. The van der Waals surface area contributed by atoms with Crippen molar-refractivity contribution < 1.29 is 29.7 Å². The standard InChI is InChI=1S/C12H18N4O7/c1-5(13)11(19)22-4-6-8(17)9(18)10(23-6)16-3-2-7(15-21)14-12(16)20/h2-3,5-6,8-10,17-18,21H,4,13H2,1H3,(H,14,15,20)/t5-,6+,8+,9+,10+/m0/s1. The summed E-state index contributed by atoms with van der Waals surface area (Å²) in [6.07, 6.45) is -3.81. The lowest BCUT2D eigenvalue weighted by molar-refractivity contribution is -0.151. The van der Waals surface area contributed by atoms with Gasteiger partial charge >= 0.3 is 11.7 Å². The smallest absolute Gasteiger partial charge is 0.351 e. The first-order chi connectivity index (χ1) is 10.8. The number of esters is 1. The molecule has 11 heteroatoms. The van der Waals surface area contributed by atoms with Gasteiger partial charge in [-0.1, -0.05) is 0 Å². The summed E-state index contributed by atoms with van der Waals surface area (Å²) in [6.45, 7) is 1.11. The van der Waals surface area contributed by atoms with E-state index in [0.717, 1.165) is 4.57 Å². The highest BCUT2D eigenvalue weighted by Crippen LogP contribution is 2.28. The van der Waals surface area contributed by atoms with Crippen molar-refractivity contribution in [2.75, 3.05) is 12.1 Å². The molecule has 0 spiro atoms. The minimum atomic E-state index is -1.43. The van der Waals surface area contributed by atoms with Crippen LogP contribution >= 0.6 is 0 Å². The highest BCUT2D eigenvalue weighted by Gasteiger charge is 2.44. The zero-order valence-corrected chi connectivity index (χ0v) is 12.2. The number of nitrogens with two attached hydrogens (primary N) is 1. The predicted octanol–water partition coefficient (Wildman–Crippen LogP) is -2.45. The molecule has 0 unspecified atom stereocenters. The second-order valence-electron chi connectivity index (χ2n) is 5.08. The predicted molar refractivity (Wildman–Crippen MR) is 74.4 cm³/mol. The molecule has 11 nitrogen and oxygen atoms in total. The Balaban J connectivity index is 2.10. The second kappa shape index (κ2) is 7.02. The number of nitrogens with one attached hydrogen (secondary N) is 1. The molecule has 0 saturated carbocycles. The topological polar surface area (TPSA) is 169 Å². The third-order valence-corrected chi connectivity index (χ3v) is 3.32. The van der Waals surface area contributed by atoms with E-state index >= 15 is 0 Å². The molecule has 5 atom stereocenters. The van der Waals surface area contributed by atoms with Gasteiger partial charge in [-0.15, -0.1) is 0 Å². The van der Waals surface area contributed by atoms with Gasteiger partial charge in [0.2, 0.25) is 0 Å². The molecule has 0 aliphatic carbocycles. The summed E-state index contributed by atoms with van der Waals surface area (Å²) in [5.41, 5.74) is 6.24. The van der Waals surface area contributed by atoms with Gasteiger partial charge in [0.1, 0.15) is 31.0 Å². The Hall–Kier alpha value is -2.05. The number of hydrogen-bond donors (Lipinski definition) is 5. The van der Waals surface area contributed by atoms with Crippen molar-refractivity contribution in [3.05, 3.63) is 22.7 Å². The molecule has 1 saturated heterocycles. The number of aliphatic hydroxyl groups is 2. The highest BCUT2D eigenvalue weighted by molar-refractivity contribution is 5.74. The lowest BCUT2D eigenvalue weighted by atomic mass is 10.1. The molecular formula is C12H18N4O7. The van der Waals surface area contributed by atoms with E-state index in [-0.39, 0.29) is 12.4 Å². The molecule has 0 amide bonds.